The predicted octanol–water partition coefficient (Wildman–Crippen LogP) is 2.22. The van der Waals surface area contributed by atoms with Crippen LogP contribution in [0, 0.1) is 13.8 Å². The maximum Gasteiger partial charge on any atom is 0.246 e. The van der Waals surface area contributed by atoms with Gasteiger partial charge in [0.15, 0.2) is 11.5 Å². The van der Waals surface area contributed by atoms with Gasteiger partial charge in [-0.2, -0.15) is 4.98 Å². The lowest BCUT2D eigenvalue weighted by atomic mass is 10.3. The Balaban J connectivity index is 2.13. The van der Waals surface area contributed by atoms with E-state index in [4.69, 9.17) is 16.1 Å². The van der Waals surface area contributed by atoms with Gasteiger partial charge in [0.1, 0.15) is 17.9 Å². The summed E-state index contributed by atoms with van der Waals surface area (Å²) >= 11 is 5.95. The van der Waals surface area contributed by atoms with Crippen LogP contribution < -0.4 is 0 Å². The quantitative estimate of drug-likeness (QED) is 0.687. The molecule has 0 saturated carbocycles. The van der Waals surface area contributed by atoms with E-state index < -0.39 is 0 Å². The van der Waals surface area contributed by atoms with Crippen LogP contribution >= 0.6 is 11.6 Å². The average molecular weight is 278 g/mol. The van der Waals surface area contributed by atoms with E-state index in [1.54, 1.807) is 13.1 Å². The van der Waals surface area contributed by atoms with E-state index in [0.29, 0.717) is 24.1 Å². The standard InChI is InChI=1S/C12H12ClN5O/c1-7-3-4-14-12-11(7)16-9(5-13)18(12)6-10-15-8(2)17-19-10/h3-4H,5-6H2,1-2H3. The molecule has 3 rings (SSSR count). The van der Waals surface area contributed by atoms with Crippen LogP contribution in [-0.4, -0.2) is 24.7 Å². The second-order valence-electron chi connectivity index (χ2n) is 4.28. The highest BCUT2D eigenvalue weighted by atomic mass is 35.5. The highest BCUT2D eigenvalue weighted by molar-refractivity contribution is 6.16. The van der Waals surface area contributed by atoms with Crippen molar-refractivity contribution in [1.82, 2.24) is 24.7 Å². The van der Waals surface area contributed by atoms with Crippen molar-refractivity contribution in [3.05, 3.63) is 35.4 Å². The van der Waals surface area contributed by atoms with Crippen molar-refractivity contribution in [1.29, 1.82) is 0 Å². The molecule has 0 atom stereocenters. The number of alkyl halides is 1. The number of fused-ring (bicyclic) bond motifs is 1. The zero-order chi connectivity index (χ0) is 13.4. The summed E-state index contributed by atoms with van der Waals surface area (Å²) in [5.41, 5.74) is 2.71. The molecular formula is C12H12ClN5O. The van der Waals surface area contributed by atoms with Gasteiger partial charge in [0, 0.05) is 6.20 Å². The zero-order valence-electron chi connectivity index (χ0n) is 10.6. The van der Waals surface area contributed by atoms with Crippen molar-refractivity contribution in [2.24, 2.45) is 0 Å². The molecule has 0 unspecified atom stereocenters. The van der Waals surface area contributed by atoms with E-state index in [-0.39, 0.29) is 0 Å². The Hall–Kier alpha value is -1.95. The summed E-state index contributed by atoms with van der Waals surface area (Å²) < 4.78 is 7.04. The topological polar surface area (TPSA) is 69.6 Å². The van der Waals surface area contributed by atoms with E-state index in [0.717, 1.165) is 22.6 Å². The molecule has 6 nitrogen and oxygen atoms in total. The maximum absolute atomic E-state index is 5.95. The van der Waals surface area contributed by atoms with E-state index in [2.05, 4.69) is 20.1 Å². The summed E-state index contributed by atoms with van der Waals surface area (Å²) in [5.74, 6) is 2.18. The van der Waals surface area contributed by atoms with Gasteiger partial charge in [-0.25, -0.2) is 9.97 Å². The number of pyridine rings is 1. The third kappa shape index (κ3) is 2.08. The Bertz CT molecular complexity index is 733. The number of imidazole rings is 1. The fraction of sp³-hybridized carbons (Fsp3) is 0.333. The summed E-state index contributed by atoms with van der Waals surface area (Å²) in [6.07, 6.45) is 1.76. The highest BCUT2D eigenvalue weighted by Crippen LogP contribution is 2.19. The van der Waals surface area contributed by atoms with E-state index in [9.17, 15) is 0 Å². The Morgan fingerprint density at radius 2 is 2.16 bits per heavy atom. The predicted molar refractivity (Wildman–Crippen MR) is 70.0 cm³/mol. The second-order valence-corrected chi connectivity index (χ2v) is 4.55. The van der Waals surface area contributed by atoms with Gasteiger partial charge in [-0.15, -0.1) is 11.6 Å². The average Bonchev–Trinajstić information content (AvgIpc) is 2.96. The second kappa shape index (κ2) is 4.62. The minimum atomic E-state index is 0.308. The smallest absolute Gasteiger partial charge is 0.246 e. The lowest BCUT2D eigenvalue weighted by Gasteiger charge is -2.03. The van der Waals surface area contributed by atoms with Crippen LogP contribution in [0.5, 0.6) is 0 Å². The summed E-state index contributed by atoms with van der Waals surface area (Å²) in [4.78, 5) is 13.1. The first-order valence-electron chi connectivity index (χ1n) is 5.85. The van der Waals surface area contributed by atoms with Gasteiger partial charge >= 0.3 is 0 Å². The van der Waals surface area contributed by atoms with Crippen LogP contribution in [0.4, 0.5) is 0 Å². The number of rotatable bonds is 3. The number of aromatic nitrogens is 5. The lowest BCUT2D eigenvalue weighted by molar-refractivity contribution is 0.367. The van der Waals surface area contributed by atoms with E-state index >= 15 is 0 Å². The largest absolute Gasteiger partial charge is 0.337 e. The van der Waals surface area contributed by atoms with Gasteiger partial charge in [0.25, 0.3) is 0 Å². The van der Waals surface area contributed by atoms with Crippen LogP contribution in [0.25, 0.3) is 11.2 Å². The van der Waals surface area contributed by atoms with Gasteiger partial charge in [0.2, 0.25) is 5.89 Å². The lowest BCUT2D eigenvalue weighted by Crippen LogP contribution is -2.05. The molecule has 0 aliphatic carbocycles. The Morgan fingerprint density at radius 1 is 1.32 bits per heavy atom. The number of hydrogen-bond donors (Lipinski definition) is 0. The molecular weight excluding hydrogens is 266 g/mol. The van der Waals surface area contributed by atoms with Crippen LogP contribution in [0.1, 0.15) is 23.1 Å². The van der Waals surface area contributed by atoms with Gasteiger partial charge in [-0.1, -0.05) is 5.16 Å². The Morgan fingerprint density at radius 3 is 2.84 bits per heavy atom. The third-order valence-electron chi connectivity index (χ3n) is 2.90. The monoisotopic (exact) mass is 277 g/mol. The SMILES string of the molecule is Cc1noc(Cn2c(CCl)nc3c(C)ccnc32)n1. The van der Waals surface area contributed by atoms with Crippen molar-refractivity contribution in [2.45, 2.75) is 26.3 Å². The number of aryl methyl sites for hydroxylation is 2. The maximum atomic E-state index is 5.95. The van der Waals surface area contributed by atoms with E-state index in [1.165, 1.54) is 0 Å². The zero-order valence-corrected chi connectivity index (χ0v) is 11.3. The van der Waals surface area contributed by atoms with Gasteiger partial charge < -0.3 is 9.09 Å². The van der Waals surface area contributed by atoms with Crippen LogP contribution in [-0.2, 0) is 12.4 Å². The van der Waals surface area contributed by atoms with Crippen LogP contribution in [0.3, 0.4) is 0 Å². The van der Waals surface area contributed by atoms with Crippen LogP contribution in [0.2, 0.25) is 0 Å². The normalized spacial score (nSPS) is 11.3. The first-order chi connectivity index (χ1) is 9.19. The van der Waals surface area contributed by atoms with E-state index in [1.807, 2.05) is 17.6 Å². The molecule has 0 bridgehead atoms. The molecule has 7 heteroatoms. The van der Waals surface area contributed by atoms with Crippen molar-refractivity contribution >= 4 is 22.8 Å². The van der Waals surface area contributed by atoms with Crippen LogP contribution in [0.15, 0.2) is 16.8 Å². The van der Waals surface area contributed by atoms with Gasteiger partial charge in [-0.05, 0) is 25.5 Å². The third-order valence-corrected chi connectivity index (χ3v) is 3.14. The molecule has 0 N–H and O–H groups in total. The molecule has 0 spiro atoms. The first kappa shape index (κ1) is 12.1. The van der Waals surface area contributed by atoms with Crippen molar-refractivity contribution < 1.29 is 4.52 Å². The molecule has 3 aromatic rings. The fourth-order valence-electron chi connectivity index (χ4n) is 1.99. The van der Waals surface area contributed by atoms with Gasteiger partial charge in [0.05, 0.1) is 5.88 Å². The van der Waals surface area contributed by atoms with Crippen molar-refractivity contribution in [3.63, 3.8) is 0 Å². The first-order valence-corrected chi connectivity index (χ1v) is 6.38. The molecule has 0 amide bonds. The number of halogens is 1. The fourth-order valence-corrected chi connectivity index (χ4v) is 2.20. The summed E-state index contributed by atoms with van der Waals surface area (Å²) in [7, 11) is 0. The van der Waals surface area contributed by atoms with Crippen molar-refractivity contribution in [3.8, 4) is 0 Å². The molecule has 0 fully saturated rings. The Labute approximate surface area is 114 Å². The molecule has 0 aliphatic heterocycles. The van der Waals surface area contributed by atoms with Gasteiger partial charge in [-0.3, -0.25) is 0 Å². The number of nitrogens with zero attached hydrogens (tertiary/aromatic N) is 5. The van der Waals surface area contributed by atoms with Crippen molar-refractivity contribution in [2.75, 3.05) is 0 Å². The summed E-state index contributed by atoms with van der Waals surface area (Å²) in [5, 5.41) is 3.78. The molecule has 3 heterocycles. The highest BCUT2D eigenvalue weighted by Gasteiger charge is 2.15. The molecule has 0 aromatic carbocycles. The minimum absolute atomic E-state index is 0.308. The number of hydrogen-bond acceptors (Lipinski definition) is 5. The minimum Gasteiger partial charge on any atom is -0.337 e. The molecule has 98 valence electrons. The summed E-state index contributed by atoms with van der Waals surface area (Å²) in [6.45, 7) is 4.20. The molecule has 19 heavy (non-hydrogen) atoms. The molecule has 0 radical (unpaired) electrons. The Kier molecular flexibility index (Phi) is 2.94. The molecule has 3 aromatic heterocycles. The molecule has 0 saturated heterocycles. The summed E-state index contributed by atoms with van der Waals surface area (Å²) in [6, 6.07) is 1.93. The molecule has 0 aliphatic rings.